The van der Waals surface area contributed by atoms with Gasteiger partial charge in [0.05, 0.1) is 6.61 Å². The molecule has 4 heteroatoms. The summed E-state index contributed by atoms with van der Waals surface area (Å²) in [5, 5.41) is 0. The van der Waals surface area contributed by atoms with Crippen LogP contribution in [0.2, 0.25) is 0 Å². The van der Waals surface area contributed by atoms with Gasteiger partial charge in [-0.05, 0) is 50.0 Å². The van der Waals surface area contributed by atoms with Gasteiger partial charge in [-0.3, -0.25) is 4.90 Å². The average Bonchev–Trinajstić information content (AvgIpc) is 2.90. The molecule has 1 saturated carbocycles. The van der Waals surface area contributed by atoms with Crippen LogP contribution in [0.15, 0.2) is 30.3 Å². The van der Waals surface area contributed by atoms with E-state index in [-0.39, 0.29) is 6.09 Å². The van der Waals surface area contributed by atoms with Crippen molar-refractivity contribution in [3.05, 3.63) is 35.9 Å². The van der Waals surface area contributed by atoms with E-state index in [9.17, 15) is 4.79 Å². The zero-order valence-electron chi connectivity index (χ0n) is 15.7. The molecule has 0 unspecified atom stereocenters. The van der Waals surface area contributed by atoms with E-state index in [1.165, 1.54) is 31.2 Å². The van der Waals surface area contributed by atoms with Gasteiger partial charge >= 0.3 is 6.09 Å². The van der Waals surface area contributed by atoms with Crippen molar-refractivity contribution >= 4 is 6.09 Å². The molecule has 2 aliphatic rings. The van der Waals surface area contributed by atoms with E-state index in [4.69, 9.17) is 4.74 Å². The number of carbonyl (C=O) groups excluding carboxylic acids is 1. The minimum atomic E-state index is -0.148. The van der Waals surface area contributed by atoms with Crippen LogP contribution in [-0.4, -0.2) is 54.7 Å². The number of hydrogen-bond acceptors (Lipinski definition) is 3. The molecule has 1 heterocycles. The Labute approximate surface area is 152 Å². The average molecular weight is 344 g/mol. The molecule has 25 heavy (non-hydrogen) atoms. The third kappa shape index (κ3) is 4.35. The van der Waals surface area contributed by atoms with Crippen LogP contribution >= 0.6 is 0 Å². The molecule has 0 atom stereocenters. The van der Waals surface area contributed by atoms with E-state index in [1.54, 1.807) is 0 Å². The van der Waals surface area contributed by atoms with Gasteiger partial charge in [0.25, 0.3) is 0 Å². The van der Waals surface area contributed by atoms with Crippen LogP contribution in [0.4, 0.5) is 4.79 Å². The fourth-order valence-corrected chi connectivity index (χ4v) is 4.43. The molecular formula is C21H32N2O2. The van der Waals surface area contributed by atoms with Gasteiger partial charge in [-0.15, -0.1) is 0 Å². The number of ether oxygens (including phenoxy) is 1. The molecule has 0 spiro atoms. The van der Waals surface area contributed by atoms with E-state index in [0.29, 0.717) is 18.1 Å². The summed E-state index contributed by atoms with van der Waals surface area (Å²) < 4.78 is 5.16. The lowest BCUT2D eigenvalue weighted by atomic mass is 9.69. The van der Waals surface area contributed by atoms with Crippen LogP contribution in [-0.2, 0) is 10.2 Å². The zero-order chi connectivity index (χ0) is 17.7. The zero-order valence-corrected chi connectivity index (χ0v) is 15.7. The van der Waals surface area contributed by atoms with E-state index in [2.05, 4.69) is 42.2 Å². The number of amides is 1. The minimum Gasteiger partial charge on any atom is -0.450 e. The fourth-order valence-electron chi connectivity index (χ4n) is 4.43. The third-order valence-electron chi connectivity index (χ3n) is 6.10. The molecule has 0 N–H and O–H groups in total. The predicted molar refractivity (Wildman–Crippen MR) is 101 cm³/mol. The maximum Gasteiger partial charge on any atom is 0.409 e. The van der Waals surface area contributed by atoms with Gasteiger partial charge in [-0.25, -0.2) is 4.79 Å². The maximum absolute atomic E-state index is 12.0. The molecule has 1 saturated heterocycles. The standard InChI is InChI=1S/C21H32N2O2/c1-3-25-20(24)23-15-7-14-22(16-17-23)19-10-12-21(2,13-11-19)18-8-5-4-6-9-18/h4-6,8-9,19H,3,7,10-17H2,1-2H3. The molecule has 0 bridgehead atoms. The summed E-state index contributed by atoms with van der Waals surface area (Å²) >= 11 is 0. The number of benzene rings is 1. The Morgan fingerprint density at radius 2 is 1.84 bits per heavy atom. The Hall–Kier alpha value is -1.55. The molecule has 138 valence electrons. The first-order valence-corrected chi connectivity index (χ1v) is 9.84. The lowest BCUT2D eigenvalue weighted by Gasteiger charge is -2.42. The summed E-state index contributed by atoms with van der Waals surface area (Å²) in [4.78, 5) is 16.5. The molecular weight excluding hydrogens is 312 g/mol. The molecule has 0 radical (unpaired) electrons. The Balaban J connectivity index is 1.54. The number of carbonyl (C=O) groups is 1. The number of hydrogen-bond donors (Lipinski definition) is 0. The summed E-state index contributed by atoms with van der Waals surface area (Å²) in [5.41, 5.74) is 1.80. The fraction of sp³-hybridized carbons (Fsp3) is 0.667. The first-order chi connectivity index (χ1) is 12.1. The number of nitrogens with zero attached hydrogens (tertiary/aromatic N) is 2. The van der Waals surface area contributed by atoms with E-state index >= 15 is 0 Å². The van der Waals surface area contributed by atoms with Crippen molar-refractivity contribution in [1.29, 1.82) is 0 Å². The molecule has 0 aromatic heterocycles. The Bertz CT molecular complexity index is 552. The highest BCUT2D eigenvalue weighted by atomic mass is 16.6. The monoisotopic (exact) mass is 344 g/mol. The van der Waals surface area contributed by atoms with Crippen LogP contribution in [0, 0.1) is 0 Å². The highest BCUT2D eigenvalue weighted by Gasteiger charge is 2.35. The largest absolute Gasteiger partial charge is 0.450 e. The van der Waals surface area contributed by atoms with Gasteiger partial charge in [0.2, 0.25) is 0 Å². The van der Waals surface area contributed by atoms with Gasteiger partial charge < -0.3 is 9.64 Å². The molecule has 1 aliphatic heterocycles. The van der Waals surface area contributed by atoms with Crippen molar-refractivity contribution < 1.29 is 9.53 Å². The van der Waals surface area contributed by atoms with Crippen molar-refractivity contribution in [3.63, 3.8) is 0 Å². The maximum atomic E-state index is 12.0. The van der Waals surface area contributed by atoms with Gasteiger partial charge in [-0.1, -0.05) is 37.3 Å². The van der Waals surface area contributed by atoms with Gasteiger partial charge in [0.1, 0.15) is 0 Å². The first-order valence-electron chi connectivity index (χ1n) is 9.84. The normalized spacial score (nSPS) is 28.4. The topological polar surface area (TPSA) is 32.8 Å². The lowest BCUT2D eigenvalue weighted by molar-refractivity contribution is 0.103. The minimum absolute atomic E-state index is 0.148. The molecule has 1 amide bonds. The number of rotatable bonds is 3. The summed E-state index contributed by atoms with van der Waals surface area (Å²) in [6, 6.07) is 11.6. The van der Waals surface area contributed by atoms with Gasteiger partial charge in [-0.2, -0.15) is 0 Å². The second kappa shape index (κ2) is 8.22. The van der Waals surface area contributed by atoms with Crippen molar-refractivity contribution in [3.8, 4) is 0 Å². The Morgan fingerprint density at radius 3 is 2.52 bits per heavy atom. The highest BCUT2D eigenvalue weighted by molar-refractivity contribution is 5.67. The molecule has 4 nitrogen and oxygen atoms in total. The summed E-state index contributed by atoms with van der Waals surface area (Å²) in [7, 11) is 0. The second-order valence-electron chi connectivity index (χ2n) is 7.73. The SMILES string of the molecule is CCOC(=O)N1CCCN(C2CCC(C)(c3ccccc3)CC2)CC1. The lowest BCUT2D eigenvalue weighted by Crippen LogP contribution is -2.43. The Morgan fingerprint density at radius 1 is 1.12 bits per heavy atom. The molecule has 2 fully saturated rings. The molecule has 1 aromatic rings. The quantitative estimate of drug-likeness (QED) is 0.829. The smallest absolute Gasteiger partial charge is 0.409 e. The van der Waals surface area contributed by atoms with Crippen LogP contribution in [0.3, 0.4) is 0 Å². The summed E-state index contributed by atoms with van der Waals surface area (Å²) in [6.07, 6.45) is 5.91. The van der Waals surface area contributed by atoms with Crippen LogP contribution in [0.1, 0.15) is 51.5 Å². The van der Waals surface area contributed by atoms with Crippen LogP contribution in [0.5, 0.6) is 0 Å². The van der Waals surface area contributed by atoms with Crippen molar-refractivity contribution in [2.45, 2.75) is 57.4 Å². The van der Waals surface area contributed by atoms with Crippen molar-refractivity contribution in [2.75, 3.05) is 32.8 Å². The van der Waals surface area contributed by atoms with E-state index in [1.807, 2.05) is 11.8 Å². The van der Waals surface area contributed by atoms with E-state index in [0.717, 1.165) is 32.6 Å². The van der Waals surface area contributed by atoms with Gasteiger partial charge in [0.15, 0.2) is 0 Å². The Kier molecular flexibility index (Phi) is 6.00. The van der Waals surface area contributed by atoms with E-state index < -0.39 is 0 Å². The molecule has 3 rings (SSSR count). The van der Waals surface area contributed by atoms with Crippen LogP contribution in [0.25, 0.3) is 0 Å². The van der Waals surface area contributed by atoms with Crippen LogP contribution < -0.4 is 0 Å². The summed E-state index contributed by atoms with van der Waals surface area (Å²) in [6.45, 7) is 8.44. The first kappa shape index (κ1) is 18.2. The second-order valence-corrected chi connectivity index (χ2v) is 7.73. The van der Waals surface area contributed by atoms with Crippen molar-refractivity contribution in [2.24, 2.45) is 0 Å². The van der Waals surface area contributed by atoms with Crippen molar-refractivity contribution in [1.82, 2.24) is 9.80 Å². The predicted octanol–water partition coefficient (Wildman–Crippen LogP) is 4.05. The molecule has 1 aliphatic carbocycles. The highest BCUT2D eigenvalue weighted by Crippen LogP contribution is 2.40. The third-order valence-corrected chi connectivity index (χ3v) is 6.10. The molecule has 1 aromatic carbocycles. The van der Waals surface area contributed by atoms with Gasteiger partial charge in [0, 0.05) is 32.2 Å². The summed E-state index contributed by atoms with van der Waals surface area (Å²) in [5.74, 6) is 0.